The van der Waals surface area contributed by atoms with Gasteiger partial charge in [-0.25, -0.2) is 4.79 Å². The van der Waals surface area contributed by atoms with Crippen LogP contribution < -0.4 is 0 Å². The molecule has 0 radical (unpaired) electrons. The predicted molar refractivity (Wildman–Crippen MR) is 162 cm³/mol. The fourth-order valence-corrected chi connectivity index (χ4v) is 5.79. The molecule has 0 aliphatic heterocycles. The van der Waals surface area contributed by atoms with Gasteiger partial charge in [0.25, 0.3) is 0 Å². The van der Waals surface area contributed by atoms with Crippen LogP contribution in [0.3, 0.4) is 0 Å². The zero-order valence-electron chi connectivity index (χ0n) is 25.9. The normalized spacial score (nSPS) is 15.6. The van der Waals surface area contributed by atoms with Gasteiger partial charge in [-0.05, 0) is 31.1 Å². The maximum Gasteiger partial charge on any atom is 0.352 e. The molecule has 0 spiro atoms. The highest BCUT2D eigenvalue weighted by Crippen LogP contribution is 2.38. The molecule has 1 aromatic rings. The van der Waals surface area contributed by atoms with E-state index in [4.69, 9.17) is 23.4 Å². The lowest BCUT2D eigenvalue weighted by molar-refractivity contribution is -0.174. The molecule has 0 saturated heterocycles. The maximum atomic E-state index is 13.2. The highest BCUT2D eigenvalue weighted by Gasteiger charge is 2.40. The van der Waals surface area contributed by atoms with Crippen LogP contribution in [0.2, 0.25) is 43.8 Å². The summed E-state index contributed by atoms with van der Waals surface area (Å²) in [5.74, 6) is -1.19. The van der Waals surface area contributed by atoms with E-state index in [1.165, 1.54) is 6.92 Å². The highest BCUT2D eigenvalue weighted by molar-refractivity contribution is 6.76. The number of carbonyl (C=O) groups is 2. The van der Waals surface area contributed by atoms with Crippen molar-refractivity contribution in [3.8, 4) is 0 Å². The monoisotopic (exact) mass is 580 g/mol. The second-order valence-corrected chi connectivity index (χ2v) is 23.2. The molecule has 0 heterocycles. The van der Waals surface area contributed by atoms with Crippen LogP contribution in [0, 0.1) is 0 Å². The van der Waals surface area contributed by atoms with E-state index in [9.17, 15) is 9.59 Å². The van der Waals surface area contributed by atoms with Gasteiger partial charge in [0.1, 0.15) is 12.9 Å². The number of hydrogen-bond donors (Lipinski definition) is 0. The van der Waals surface area contributed by atoms with Crippen molar-refractivity contribution in [1.82, 2.24) is 0 Å². The molecule has 9 heteroatoms. The van der Waals surface area contributed by atoms with Crippen molar-refractivity contribution in [3.63, 3.8) is 0 Å². The molecule has 0 N–H and O–H groups in total. The Labute approximate surface area is 238 Å². The van der Waals surface area contributed by atoms with Crippen molar-refractivity contribution in [3.05, 3.63) is 48.6 Å². The second kappa shape index (κ2) is 15.9. The Morgan fingerprint density at radius 3 is 2.15 bits per heavy atom. The topological polar surface area (TPSA) is 80.3 Å². The largest absolute Gasteiger partial charge is 0.459 e. The standard InChI is InChI=1S/C30H52O7Si2/c1-12-16-26(36-29(32)28(35-24(3)31)25-17-14-13-15-18-25)21-27(34-22-33-19-20-38(7,8)9)23(2)37-39(10,11)30(4,5)6/h12-15,17-18,23,26-28H,1,16,19-22H2,2-11H3/t23-,26+,27-,28+/m1/s1. The summed E-state index contributed by atoms with van der Waals surface area (Å²) in [5.41, 5.74) is 0.549. The molecule has 4 atom stereocenters. The first-order valence-corrected chi connectivity index (χ1v) is 20.5. The average Bonchev–Trinajstić information content (AvgIpc) is 2.80. The van der Waals surface area contributed by atoms with Gasteiger partial charge in [0, 0.05) is 40.0 Å². The minimum atomic E-state index is -2.09. The molecule has 0 aromatic heterocycles. The van der Waals surface area contributed by atoms with Gasteiger partial charge in [-0.15, -0.1) is 6.58 Å². The Bertz CT molecular complexity index is 891. The molecule has 1 rings (SSSR count). The molecule has 0 aliphatic carbocycles. The Hall–Kier alpha value is -1.79. The molecule has 7 nitrogen and oxygen atoms in total. The number of ether oxygens (including phenoxy) is 4. The van der Waals surface area contributed by atoms with Crippen LogP contribution in [0.25, 0.3) is 0 Å². The van der Waals surface area contributed by atoms with Gasteiger partial charge < -0.3 is 23.4 Å². The van der Waals surface area contributed by atoms with Crippen LogP contribution in [0.1, 0.15) is 59.1 Å². The van der Waals surface area contributed by atoms with Crippen molar-refractivity contribution >= 4 is 28.3 Å². The molecule has 0 aliphatic rings. The van der Waals surface area contributed by atoms with Crippen LogP contribution in [-0.2, 0) is 33.0 Å². The quantitative estimate of drug-likeness (QED) is 0.0630. The molecule has 1 aromatic carbocycles. The van der Waals surface area contributed by atoms with Gasteiger partial charge in [0.15, 0.2) is 8.32 Å². The third kappa shape index (κ3) is 13.4. The molecular weight excluding hydrogens is 528 g/mol. The molecule has 0 unspecified atom stereocenters. The lowest BCUT2D eigenvalue weighted by Crippen LogP contribution is -2.47. The van der Waals surface area contributed by atoms with Crippen LogP contribution in [-0.4, -0.2) is 60.0 Å². The summed E-state index contributed by atoms with van der Waals surface area (Å²) in [6, 6.07) is 9.91. The first-order valence-electron chi connectivity index (χ1n) is 13.9. The summed E-state index contributed by atoms with van der Waals surface area (Å²) in [7, 11) is -3.31. The van der Waals surface area contributed by atoms with Crippen LogP contribution in [0.15, 0.2) is 43.0 Å². The second-order valence-electron chi connectivity index (χ2n) is 12.8. The smallest absolute Gasteiger partial charge is 0.352 e. The molecule has 0 bridgehead atoms. The molecule has 0 fully saturated rings. The number of hydrogen-bond acceptors (Lipinski definition) is 7. The molecule has 0 saturated carbocycles. The van der Waals surface area contributed by atoms with Crippen molar-refractivity contribution in [2.75, 3.05) is 13.4 Å². The molecule has 222 valence electrons. The number of benzene rings is 1. The minimum Gasteiger partial charge on any atom is -0.459 e. The van der Waals surface area contributed by atoms with E-state index < -0.39 is 40.5 Å². The van der Waals surface area contributed by atoms with E-state index in [0.717, 1.165) is 6.04 Å². The fourth-order valence-electron chi connectivity index (χ4n) is 3.59. The van der Waals surface area contributed by atoms with E-state index in [-0.39, 0.29) is 24.0 Å². The highest BCUT2D eigenvalue weighted by atomic mass is 28.4. The molecule has 39 heavy (non-hydrogen) atoms. The Morgan fingerprint density at radius 1 is 1.03 bits per heavy atom. The number of rotatable bonds is 17. The third-order valence-corrected chi connectivity index (χ3v) is 13.3. The van der Waals surface area contributed by atoms with Gasteiger partial charge in [-0.1, -0.05) is 76.8 Å². The lowest BCUT2D eigenvalue weighted by Gasteiger charge is -2.40. The lowest BCUT2D eigenvalue weighted by atomic mass is 10.0. The van der Waals surface area contributed by atoms with Crippen LogP contribution in [0.5, 0.6) is 0 Å². The van der Waals surface area contributed by atoms with Gasteiger partial charge in [0.05, 0.1) is 12.2 Å². The van der Waals surface area contributed by atoms with Gasteiger partial charge in [-0.3, -0.25) is 4.79 Å². The summed E-state index contributed by atoms with van der Waals surface area (Å²) < 4.78 is 30.0. The number of carbonyl (C=O) groups excluding carboxylic acids is 2. The fraction of sp³-hybridized carbons (Fsp3) is 0.667. The van der Waals surface area contributed by atoms with E-state index in [1.54, 1.807) is 30.3 Å². The Balaban J connectivity index is 3.08. The first-order chi connectivity index (χ1) is 18.0. The summed E-state index contributed by atoms with van der Waals surface area (Å²) in [4.78, 5) is 25.0. The van der Waals surface area contributed by atoms with E-state index in [0.29, 0.717) is 25.0 Å². The van der Waals surface area contributed by atoms with E-state index in [1.807, 2.05) is 13.0 Å². The first kappa shape index (κ1) is 35.2. The van der Waals surface area contributed by atoms with Crippen LogP contribution >= 0.6 is 0 Å². The zero-order chi connectivity index (χ0) is 29.9. The SMILES string of the molecule is C=CC[C@@H](C[C@@H](OCOCC[Si](C)(C)C)[C@@H](C)O[Si](C)(C)C(C)(C)C)OC(=O)[C@@H](OC(C)=O)c1ccccc1. The predicted octanol–water partition coefficient (Wildman–Crippen LogP) is 7.28. The number of esters is 2. The van der Waals surface area contributed by atoms with Crippen molar-refractivity contribution < 1.29 is 33.0 Å². The summed E-state index contributed by atoms with van der Waals surface area (Å²) in [6.45, 7) is 25.8. The molecular formula is C30H52O7Si2. The molecule has 0 amide bonds. The van der Waals surface area contributed by atoms with Crippen LogP contribution in [0.4, 0.5) is 0 Å². The van der Waals surface area contributed by atoms with Gasteiger partial charge >= 0.3 is 11.9 Å². The average molecular weight is 581 g/mol. The van der Waals surface area contributed by atoms with Crippen molar-refractivity contribution in [1.29, 1.82) is 0 Å². The van der Waals surface area contributed by atoms with Gasteiger partial charge in [0.2, 0.25) is 6.10 Å². The Kier molecular flexibility index (Phi) is 14.3. The minimum absolute atomic E-state index is 0.0273. The summed E-state index contributed by atoms with van der Waals surface area (Å²) in [5, 5.41) is 0.0273. The zero-order valence-corrected chi connectivity index (χ0v) is 27.9. The van der Waals surface area contributed by atoms with E-state index >= 15 is 0 Å². The Morgan fingerprint density at radius 2 is 1.64 bits per heavy atom. The maximum absolute atomic E-state index is 13.2. The summed E-state index contributed by atoms with van der Waals surface area (Å²) >= 11 is 0. The van der Waals surface area contributed by atoms with Crippen molar-refractivity contribution in [2.24, 2.45) is 0 Å². The van der Waals surface area contributed by atoms with E-state index in [2.05, 4.69) is 60.1 Å². The third-order valence-electron chi connectivity index (χ3n) is 6.98. The summed E-state index contributed by atoms with van der Waals surface area (Å²) in [6.07, 6.45) is 0.171. The van der Waals surface area contributed by atoms with Gasteiger partial charge in [-0.2, -0.15) is 0 Å². The van der Waals surface area contributed by atoms with Crippen molar-refractivity contribution in [2.45, 2.75) is 116 Å².